The van der Waals surface area contributed by atoms with Crippen LogP contribution in [0.2, 0.25) is 0 Å². The molecule has 2 atom stereocenters. The summed E-state index contributed by atoms with van der Waals surface area (Å²) in [7, 11) is 0. The molecule has 1 N–H and O–H groups in total. The highest BCUT2D eigenvalue weighted by Crippen LogP contribution is 2.46. The van der Waals surface area contributed by atoms with Gasteiger partial charge in [-0.15, -0.1) is 11.8 Å². The van der Waals surface area contributed by atoms with E-state index in [1.165, 1.54) is 23.9 Å². The summed E-state index contributed by atoms with van der Waals surface area (Å²) >= 11 is 1.51. The normalized spacial score (nSPS) is 19.6. The molecule has 2 heterocycles. The van der Waals surface area contributed by atoms with Crippen LogP contribution in [0.4, 0.5) is 10.2 Å². The largest absolute Gasteiger partial charge is 0.309 e. The minimum absolute atomic E-state index is 0.0766. The second kappa shape index (κ2) is 6.61. The zero-order chi connectivity index (χ0) is 18.3. The molecule has 26 heavy (non-hydrogen) atoms. The number of aryl methyl sites for hydroxylation is 1. The van der Waals surface area contributed by atoms with Crippen molar-refractivity contribution in [2.45, 2.75) is 24.3 Å². The first-order chi connectivity index (χ1) is 12.5. The summed E-state index contributed by atoms with van der Waals surface area (Å²) in [5.41, 5.74) is 3.44. The number of hydrogen-bond acceptors (Lipinski definition) is 3. The van der Waals surface area contributed by atoms with Crippen LogP contribution in [-0.4, -0.2) is 20.9 Å². The quantitative estimate of drug-likeness (QED) is 0.726. The Morgan fingerprint density at radius 3 is 2.65 bits per heavy atom. The van der Waals surface area contributed by atoms with E-state index in [4.69, 9.17) is 0 Å². The van der Waals surface area contributed by atoms with Gasteiger partial charge in [0, 0.05) is 5.56 Å². The fraction of sp³-hybridized carbons (Fsp3) is 0.200. The zero-order valence-electron chi connectivity index (χ0n) is 14.4. The molecule has 1 aliphatic heterocycles. The third kappa shape index (κ3) is 2.90. The number of carbonyl (C=O) groups is 1. The van der Waals surface area contributed by atoms with Crippen LogP contribution in [0, 0.1) is 12.7 Å². The first-order valence-electron chi connectivity index (χ1n) is 8.41. The number of thioether (sulfide) groups is 1. The van der Waals surface area contributed by atoms with Gasteiger partial charge in [0.1, 0.15) is 11.6 Å². The summed E-state index contributed by atoms with van der Waals surface area (Å²) in [5.74, 6) is 0.297. The summed E-state index contributed by atoms with van der Waals surface area (Å²) in [6.07, 6.45) is 0. The lowest BCUT2D eigenvalue weighted by Crippen LogP contribution is -2.22. The number of anilines is 1. The van der Waals surface area contributed by atoms with E-state index in [-0.39, 0.29) is 22.2 Å². The van der Waals surface area contributed by atoms with Gasteiger partial charge in [-0.25, -0.2) is 9.07 Å². The van der Waals surface area contributed by atoms with Gasteiger partial charge in [0.05, 0.1) is 21.9 Å². The van der Waals surface area contributed by atoms with E-state index in [0.717, 1.165) is 22.5 Å². The van der Waals surface area contributed by atoms with Crippen LogP contribution in [0.5, 0.6) is 0 Å². The Hall–Kier alpha value is -2.60. The van der Waals surface area contributed by atoms with Crippen molar-refractivity contribution in [1.82, 2.24) is 9.78 Å². The first kappa shape index (κ1) is 16.8. The van der Waals surface area contributed by atoms with Gasteiger partial charge in [-0.1, -0.05) is 30.3 Å². The number of nitrogens with one attached hydrogen (secondary N) is 1. The van der Waals surface area contributed by atoms with Gasteiger partial charge in [-0.3, -0.25) is 4.79 Å². The highest BCUT2D eigenvalue weighted by atomic mass is 32.2. The number of halogens is 1. The number of amides is 1. The van der Waals surface area contributed by atoms with Crippen molar-refractivity contribution in [3.63, 3.8) is 0 Å². The highest BCUT2D eigenvalue weighted by molar-refractivity contribution is 8.01. The van der Waals surface area contributed by atoms with Crippen molar-refractivity contribution < 1.29 is 9.18 Å². The summed E-state index contributed by atoms with van der Waals surface area (Å²) in [4.78, 5) is 12.6. The Balaban J connectivity index is 1.92. The number of benzene rings is 2. The molecule has 2 aromatic carbocycles. The van der Waals surface area contributed by atoms with E-state index < -0.39 is 0 Å². The van der Waals surface area contributed by atoms with E-state index in [1.54, 1.807) is 10.7 Å². The topological polar surface area (TPSA) is 46.9 Å². The molecule has 132 valence electrons. The first-order valence-corrected chi connectivity index (χ1v) is 9.35. The maximum absolute atomic E-state index is 13.8. The molecule has 0 bridgehead atoms. The van der Waals surface area contributed by atoms with Gasteiger partial charge in [-0.05, 0) is 43.7 Å². The second-order valence-corrected chi connectivity index (χ2v) is 7.75. The van der Waals surface area contributed by atoms with Crippen LogP contribution in [0.25, 0.3) is 5.69 Å². The zero-order valence-corrected chi connectivity index (χ0v) is 15.3. The lowest BCUT2D eigenvalue weighted by atomic mass is 10.0. The minimum atomic E-state index is -0.283. The number of carbonyl (C=O) groups excluding carboxylic acids is 1. The van der Waals surface area contributed by atoms with Gasteiger partial charge < -0.3 is 5.32 Å². The van der Waals surface area contributed by atoms with Crippen LogP contribution in [-0.2, 0) is 4.79 Å². The number of fused-ring (bicyclic) bond motifs is 1. The number of hydrogen-bond donors (Lipinski definition) is 1. The lowest BCUT2D eigenvalue weighted by Gasteiger charge is -2.17. The smallest absolute Gasteiger partial charge is 0.238 e. The molecule has 0 saturated carbocycles. The molecule has 3 aromatic rings. The number of para-hydroxylation sites is 1. The standard InChI is InChI=1S/C20H18FN3OS/c1-12-17-18(14-7-6-8-15(21)11-14)26-13(2)20(25)22-19(17)24(23-12)16-9-4-3-5-10-16/h3-11,13,18H,1-2H3,(H,22,25)/t13-,18-/m1/s1. The lowest BCUT2D eigenvalue weighted by molar-refractivity contribution is -0.115. The monoisotopic (exact) mass is 367 g/mol. The van der Waals surface area contributed by atoms with Crippen LogP contribution in [0.15, 0.2) is 54.6 Å². The van der Waals surface area contributed by atoms with Crippen molar-refractivity contribution in [3.05, 3.63) is 77.2 Å². The molecule has 0 unspecified atom stereocenters. The van der Waals surface area contributed by atoms with E-state index >= 15 is 0 Å². The molecular weight excluding hydrogens is 349 g/mol. The van der Waals surface area contributed by atoms with Crippen molar-refractivity contribution in [2.24, 2.45) is 0 Å². The van der Waals surface area contributed by atoms with Crippen LogP contribution in [0.1, 0.15) is 29.0 Å². The number of aromatic nitrogens is 2. The molecule has 1 amide bonds. The van der Waals surface area contributed by atoms with Crippen molar-refractivity contribution in [3.8, 4) is 5.69 Å². The third-order valence-corrected chi connectivity index (χ3v) is 5.87. The Bertz CT molecular complexity index is 970. The Kier molecular flexibility index (Phi) is 4.28. The maximum Gasteiger partial charge on any atom is 0.238 e. The van der Waals surface area contributed by atoms with E-state index in [2.05, 4.69) is 10.4 Å². The molecule has 0 radical (unpaired) electrons. The van der Waals surface area contributed by atoms with Gasteiger partial charge in [0.25, 0.3) is 0 Å². The third-order valence-electron chi connectivity index (χ3n) is 4.47. The summed E-state index contributed by atoms with van der Waals surface area (Å²) in [5, 5.41) is 7.24. The average molecular weight is 367 g/mol. The molecular formula is C20H18FN3OS. The van der Waals surface area contributed by atoms with Gasteiger partial charge in [0.15, 0.2) is 0 Å². The SMILES string of the molecule is Cc1nn(-c2ccccc2)c2c1[C@@H](c1cccc(F)c1)S[C@H](C)C(=O)N2. The molecule has 1 aromatic heterocycles. The van der Waals surface area contributed by atoms with Crippen LogP contribution in [0.3, 0.4) is 0 Å². The summed E-state index contributed by atoms with van der Waals surface area (Å²) in [6.45, 7) is 3.79. The predicted molar refractivity (Wildman–Crippen MR) is 102 cm³/mol. The Labute approximate surface area is 155 Å². The molecule has 0 aliphatic carbocycles. The molecule has 4 rings (SSSR count). The minimum Gasteiger partial charge on any atom is -0.309 e. The second-order valence-electron chi connectivity index (χ2n) is 6.30. The van der Waals surface area contributed by atoms with Crippen molar-refractivity contribution >= 4 is 23.5 Å². The Morgan fingerprint density at radius 2 is 1.92 bits per heavy atom. The molecule has 1 aliphatic rings. The molecule has 0 spiro atoms. The van der Waals surface area contributed by atoms with Crippen molar-refractivity contribution in [2.75, 3.05) is 5.32 Å². The Morgan fingerprint density at radius 1 is 1.15 bits per heavy atom. The summed E-state index contributed by atoms with van der Waals surface area (Å²) in [6, 6.07) is 16.2. The highest BCUT2D eigenvalue weighted by Gasteiger charge is 2.34. The van der Waals surface area contributed by atoms with Gasteiger partial charge in [0.2, 0.25) is 5.91 Å². The molecule has 6 heteroatoms. The van der Waals surface area contributed by atoms with E-state index in [9.17, 15) is 9.18 Å². The number of nitrogens with zero attached hydrogens (tertiary/aromatic N) is 2. The maximum atomic E-state index is 13.8. The van der Waals surface area contributed by atoms with Gasteiger partial charge in [-0.2, -0.15) is 5.10 Å². The fourth-order valence-electron chi connectivity index (χ4n) is 3.20. The molecule has 0 fully saturated rings. The number of rotatable bonds is 2. The van der Waals surface area contributed by atoms with E-state index in [1.807, 2.05) is 50.2 Å². The van der Waals surface area contributed by atoms with Crippen LogP contribution >= 0.6 is 11.8 Å². The van der Waals surface area contributed by atoms with Gasteiger partial charge >= 0.3 is 0 Å². The molecule has 0 saturated heterocycles. The van der Waals surface area contributed by atoms with E-state index in [0.29, 0.717) is 5.82 Å². The fourth-order valence-corrected chi connectivity index (χ4v) is 4.51. The summed E-state index contributed by atoms with van der Waals surface area (Å²) < 4.78 is 15.6. The average Bonchev–Trinajstić information content (AvgIpc) is 2.88. The van der Waals surface area contributed by atoms with Crippen molar-refractivity contribution in [1.29, 1.82) is 0 Å². The predicted octanol–water partition coefficient (Wildman–Crippen LogP) is 4.48. The van der Waals surface area contributed by atoms with Crippen LogP contribution < -0.4 is 5.32 Å². The molecule has 4 nitrogen and oxygen atoms in total.